The third kappa shape index (κ3) is 3.33. The lowest BCUT2D eigenvalue weighted by Crippen LogP contribution is -2.48. The highest BCUT2D eigenvalue weighted by molar-refractivity contribution is 7.25. The van der Waals surface area contributed by atoms with E-state index in [1.165, 1.54) is 0 Å². The maximum Gasteiger partial charge on any atom is 0.219 e. The van der Waals surface area contributed by atoms with Gasteiger partial charge in [-0.1, -0.05) is 19.1 Å². The molecule has 1 saturated heterocycles. The van der Waals surface area contributed by atoms with Crippen molar-refractivity contribution < 1.29 is 9.53 Å². The summed E-state index contributed by atoms with van der Waals surface area (Å²) >= 11 is 1.61. The number of piperazine rings is 1. The molecule has 0 atom stereocenters. The minimum atomic E-state index is 0.0512. The first-order chi connectivity index (χ1) is 13.6. The van der Waals surface area contributed by atoms with E-state index >= 15 is 0 Å². The van der Waals surface area contributed by atoms with Crippen molar-refractivity contribution in [1.29, 1.82) is 0 Å². The van der Waals surface area contributed by atoms with Crippen molar-refractivity contribution >= 4 is 43.1 Å². The summed E-state index contributed by atoms with van der Waals surface area (Å²) < 4.78 is 7.84. The van der Waals surface area contributed by atoms with Gasteiger partial charge in [-0.25, -0.2) is 0 Å². The van der Waals surface area contributed by atoms with Crippen LogP contribution in [0.4, 0.5) is 5.69 Å². The van der Waals surface area contributed by atoms with Gasteiger partial charge < -0.3 is 14.5 Å². The second kappa shape index (κ2) is 7.80. The Balaban J connectivity index is 1.86. The number of carbonyl (C=O) groups is 1. The van der Waals surface area contributed by atoms with Crippen LogP contribution in [0.25, 0.3) is 20.2 Å². The van der Waals surface area contributed by atoms with Gasteiger partial charge in [0.05, 0.1) is 16.7 Å². The minimum Gasteiger partial charge on any atom is -0.492 e. The summed E-state index contributed by atoms with van der Waals surface area (Å²) in [4.78, 5) is 29.1. The lowest BCUT2D eigenvalue weighted by molar-refractivity contribution is -0.129. The standard InChI is InChI=1S/C22H24N2O3S/c1-3-14-27-18-9-8-17(24-12-10-23(11-13-24)15(2)25)20-21(26)16-6-4-5-7-19(16)28-22(18)20/h4-9H,3,10-14H2,1-2H3. The van der Waals surface area contributed by atoms with Crippen molar-refractivity contribution in [2.75, 3.05) is 37.7 Å². The number of hydrogen-bond acceptors (Lipinski definition) is 5. The van der Waals surface area contributed by atoms with Crippen molar-refractivity contribution in [1.82, 2.24) is 4.90 Å². The third-order valence-electron chi connectivity index (χ3n) is 5.20. The third-order valence-corrected chi connectivity index (χ3v) is 6.38. The van der Waals surface area contributed by atoms with Crippen molar-refractivity contribution in [3.8, 4) is 5.75 Å². The second-order valence-corrected chi connectivity index (χ2v) is 8.11. The zero-order chi connectivity index (χ0) is 19.7. The molecule has 0 bridgehead atoms. The highest BCUT2D eigenvalue weighted by Crippen LogP contribution is 2.37. The molecule has 2 aromatic carbocycles. The van der Waals surface area contributed by atoms with Gasteiger partial charge in [0.1, 0.15) is 5.75 Å². The first-order valence-electron chi connectivity index (χ1n) is 9.72. The van der Waals surface area contributed by atoms with E-state index in [4.69, 9.17) is 4.74 Å². The van der Waals surface area contributed by atoms with Crippen LogP contribution in [0.5, 0.6) is 5.75 Å². The van der Waals surface area contributed by atoms with Gasteiger partial charge in [0.25, 0.3) is 0 Å². The molecule has 146 valence electrons. The van der Waals surface area contributed by atoms with Crippen LogP contribution in [0.1, 0.15) is 20.3 Å². The van der Waals surface area contributed by atoms with E-state index in [9.17, 15) is 9.59 Å². The summed E-state index contributed by atoms with van der Waals surface area (Å²) in [7, 11) is 0. The Labute approximate surface area is 168 Å². The first-order valence-corrected chi connectivity index (χ1v) is 10.5. The molecule has 0 spiro atoms. The van der Waals surface area contributed by atoms with Crippen LogP contribution in [-0.4, -0.2) is 43.6 Å². The molecule has 0 aliphatic carbocycles. The van der Waals surface area contributed by atoms with Crippen LogP contribution >= 0.6 is 11.3 Å². The number of fused-ring (bicyclic) bond motifs is 2. The predicted molar refractivity (Wildman–Crippen MR) is 116 cm³/mol. The van der Waals surface area contributed by atoms with E-state index < -0.39 is 0 Å². The molecule has 4 rings (SSSR count). The predicted octanol–water partition coefficient (Wildman–Crippen LogP) is 3.87. The Morgan fingerprint density at radius 3 is 2.57 bits per heavy atom. The molecule has 0 saturated carbocycles. The van der Waals surface area contributed by atoms with Gasteiger partial charge in [0.15, 0.2) is 5.43 Å². The molecule has 0 radical (unpaired) electrons. The van der Waals surface area contributed by atoms with Gasteiger partial charge >= 0.3 is 0 Å². The Hall–Kier alpha value is -2.60. The molecular formula is C22H24N2O3S. The molecule has 2 heterocycles. The van der Waals surface area contributed by atoms with Crippen molar-refractivity contribution in [2.45, 2.75) is 20.3 Å². The number of ether oxygens (including phenoxy) is 1. The van der Waals surface area contributed by atoms with E-state index in [1.807, 2.05) is 41.3 Å². The molecule has 1 fully saturated rings. The Morgan fingerprint density at radius 2 is 1.86 bits per heavy atom. The van der Waals surface area contributed by atoms with Crippen molar-refractivity contribution in [2.24, 2.45) is 0 Å². The summed E-state index contributed by atoms with van der Waals surface area (Å²) in [5.74, 6) is 0.876. The van der Waals surface area contributed by atoms with Crippen LogP contribution in [0.3, 0.4) is 0 Å². The Kier molecular flexibility index (Phi) is 5.22. The number of rotatable bonds is 4. The topological polar surface area (TPSA) is 49.9 Å². The zero-order valence-corrected chi connectivity index (χ0v) is 17.1. The molecule has 1 aliphatic rings. The van der Waals surface area contributed by atoms with Gasteiger partial charge in [-0.3, -0.25) is 9.59 Å². The fourth-order valence-corrected chi connectivity index (χ4v) is 4.88. The molecule has 1 aromatic heterocycles. The smallest absolute Gasteiger partial charge is 0.219 e. The van der Waals surface area contributed by atoms with Gasteiger partial charge in [-0.05, 0) is 30.7 Å². The maximum atomic E-state index is 13.4. The molecular weight excluding hydrogens is 372 g/mol. The summed E-state index contributed by atoms with van der Waals surface area (Å²) in [6.07, 6.45) is 0.915. The first kappa shape index (κ1) is 18.7. The van der Waals surface area contributed by atoms with E-state index in [-0.39, 0.29) is 11.3 Å². The highest BCUT2D eigenvalue weighted by Gasteiger charge is 2.23. The molecule has 5 nitrogen and oxygen atoms in total. The Morgan fingerprint density at radius 1 is 1.11 bits per heavy atom. The quantitative estimate of drug-likeness (QED) is 0.628. The van der Waals surface area contributed by atoms with Crippen LogP contribution in [-0.2, 0) is 4.79 Å². The largest absolute Gasteiger partial charge is 0.492 e. The molecule has 0 N–H and O–H groups in total. The molecule has 1 amide bonds. The van der Waals surface area contributed by atoms with Crippen molar-refractivity contribution in [3.63, 3.8) is 0 Å². The van der Waals surface area contributed by atoms with Crippen LogP contribution in [0, 0.1) is 0 Å². The number of nitrogens with zero attached hydrogens (tertiary/aromatic N) is 2. The number of hydrogen-bond donors (Lipinski definition) is 0. The SMILES string of the molecule is CCCOc1ccc(N2CCN(C(C)=O)CC2)c2c(=O)c3ccccc3sc12. The fourth-order valence-electron chi connectivity index (χ4n) is 3.71. The number of amides is 1. The Bertz CT molecular complexity index is 1080. The summed E-state index contributed by atoms with van der Waals surface area (Å²) in [5.41, 5.74) is 0.990. The normalized spacial score (nSPS) is 14.6. The molecule has 6 heteroatoms. The summed E-state index contributed by atoms with van der Waals surface area (Å²) in [5, 5.41) is 1.48. The number of benzene rings is 2. The van der Waals surface area contributed by atoms with Gasteiger partial charge in [-0.2, -0.15) is 0 Å². The van der Waals surface area contributed by atoms with Crippen LogP contribution < -0.4 is 15.1 Å². The second-order valence-electron chi connectivity index (χ2n) is 7.06. The molecule has 1 aliphatic heterocycles. The lowest BCUT2D eigenvalue weighted by Gasteiger charge is -2.36. The molecule has 3 aromatic rings. The van der Waals surface area contributed by atoms with Crippen LogP contribution in [0.15, 0.2) is 41.2 Å². The maximum absolute atomic E-state index is 13.4. The lowest BCUT2D eigenvalue weighted by atomic mass is 10.1. The highest BCUT2D eigenvalue weighted by atomic mass is 32.1. The number of anilines is 1. The zero-order valence-electron chi connectivity index (χ0n) is 16.2. The average Bonchev–Trinajstić information content (AvgIpc) is 2.72. The molecule has 28 heavy (non-hydrogen) atoms. The van der Waals surface area contributed by atoms with E-state index in [1.54, 1.807) is 18.3 Å². The fraction of sp³-hybridized carbons (Fsp3) is 0.364. The van der Waals surface area contributed by atoms with Gasteiger partial charge in [0.2, 0.25) is 5.91 Å². The summed E-state index contributed by atoms with van der Waals surface area (Å²) in [6, 6.07) is 11.7. The number of carbonyl (C=O) groups excluding carboxylic acids is 1. The minimum absolute atomic E-state index is 0.0512. The summed E-state index contributed by atoms with van der Waals surface area (Å²) in [6.45, 7) is 7.10. The monoisotopic (exact) mass is 396 g/mol. The van der Waals surface area contributed by atoms with E-state index in [2.05, 4.69) is 11.8 Å². The van der Waals surface area contributed by atoms with Gasteiger partial charge in [-0.15, -0.1) is 11.3 Å². The van der Waals surface area contributed by atoms with E-state index in [0.29, 0.717) is 19.7 Å². The molecule has 0 unspecified atom stereocenters. The van der Waals surface area contributed by atoms with E-state index in [0.717, 1.165) is 51.1 Å². The van der Waals surface area contributed by atoms with Gasteiger partial charge in [0, 0.05) is 48.9 Å². The van der Waals surface area contributed by atoms with Crippen LogP contribution in [0.2, 0.25) is 0 Å². The van der Waals surface area contributed by atoms with Crippen molar-refractivity contribution in [3.05, 3.63) is 46.6 Å². The average molecular weight is 397 g/mol.